The lowest BCUT2D eigenvalue weighted by molar-refractivity contribution is -0.131. The SMILES string of the molecule is CC(=O)Oc1ccccc1C(=O)O.Cc1cc(=O)n(-c2ccccc2)n1C. The summed E-state index contributed by atoms with van der Waals surface area (Å²) in [4.78, 5) is 32.8. The second kappa shape index (κ2) is 8.66. The van der Waals surface area contributed by atoms with Crippen LogP contribution < -0.4 is 10.3 Å². The molecule has 0 bridgehead atoms. The summed E-state index contributed by atoms with van der Waals surface area (Å²) >= 11 is 0. The van der Waals surface area contributed by atoms with Crippen molar-refractivity contribution in [2.45, 2.75) is 13.8 Å². The van der Waals surface area contributed by atoms with E-state index in [1.165, 1.54) is 19.1 Å². The van der Waals surface area contributed by atoms with Crippen molar-refractivity contribution < 1.29 is 19.4 Å². The van der Waals surface area contributed by atoms with Gasteiger partial charge < -0.3 is 9.84 Å². The highest BCUT2D eigenvalue weighted by molar-refractivity contribution is 5.91. The van der Waals surface area contributed by atoms with Gasteiger partial charge in [0.15, 0.2) is 0 Å². The lowest BCUT2D eigenvalue weighted by Crippen LogP contribution is -2.18. The zero-order valence-corrected chi connectivity index (χ0v) is 15.2. The summed E-state index contributed by atoms with van der Waals surface area (Å²) in [7, 11) is 1.88. The Bertz CT molecular complexity index is 1000. The van der Waals surface area contributed by atoms with Crippen molar-refractivity contribution in [2.24, 2.45) is 7.05 Å². The Morgan fingerprint density at radius 2 is 1.59 bits per heavy atom. The van der Waals surface area contributed by atoms with Crippen LogP contribution in [0.1, 0.15) is 23.0 Å². The normalized spacial score (nSPS) is 9.89. The topological polar surface area (TPSA) is 90.5 Å². The van der Waals surface area contributed by atoms with E-state index in [-0.39, 0.29) is 16.9 Å². The molecule has 0 amide bonds. The molecule has 7 heteroatoms. The molecule has 0 saturated carbocycles. The van der Waals surface area contributed by atoms with E-state index in [4.69, 9.17) is 5.11 Å². The average molecular weight is 368 g/mol. The summed E-state index contributed by atoms with van der Waals surface area (Å²) in [6.07, 6.45) is 0. The van der Waals surface area contributed by atoms with Gasteiger partial charge in [-0.1, -0.05) is 30.3 Å². The van der Waals surface area contributed by atoms with Gasteiger partial charge in [-0.2, -0.15) is 0 Å². The molecule has 0 spiro atoms. The van der Waals surface area contributed by atoms with Gasteiger partial charge in [-0.3, -0.25) is 14.3 Å². The summed E-state index contributed by atoms with van der Waals surface area (Å²) in [5, 5.41) is 8.69. The minimum Gasteiger partial charge on any atom is -0.478 e. The molecule has 3 aromatic rings. The van der Waals surface area contributed by atoms with Crippen LogP contribution in [0.4, 0.5) is 0 Å². The molecular formula is C20H20N2O5. The predicted octanol–water partition coefficient (Wildman–Crippen LogP) is 2.79. The number of aromatic carboxylic acids is 1. The number of ether oxygens (including phenoxy) is 1. The fourth-order valence-electron chi connectivity index (χ4n) is 2.40. The number of para-hydroxylation sites is 2. The van der Waals surface area contributed by atoms with Gasteiger partial charge >= 0.3 is 11.9 Å². The van der Waals surface area contributed by atoms with Crippen LogP contribution in [0.25, 0.3) is 5.69 Å². The van der Waals surface area contributed by atoms with Gasteiger partial charge in [0.2, 0.25) is 0 Å². The number of carbonyl (C=O) groups excluding carboxylic acids is 1. The molecular weight excluding hydrogens is 348 g/mol. The van der Waals surface area contributed by atoms with Crippen molar-refractivity contribution in [3.8, 4) is 11.4 Å². The van der Waals surface area contributed by atoms with Crippen LogP contribution >= 0.6 is 0 Å². The Balaban J connectivity index is 0.000000194. The number of carboxylic acid groups (broad SMARTS) is 1. The first-order valence-electron chi connectivity index (χ1n) is 8.13. The maximum Gasteiger partial charge on any atom is 0.339 e. The Morgan fingerprint density at radius 1 is 1.00 bits per heavy atom. The van der Waals surface area contributed by atoms with Gasteiger partial charge in [-0.15, -0.1) is 0 Å². The minimum atomic E-state index is -1.11. The highest BCUT2D eigenvalue weighted by Gasteiger charge is 2.11. The van der Waals surface area contributed by atoms with E-state index in [0.717, 1.165) is 11.4 Å². The maximum atomic E-state index is 11.6. The summed E-state index contributed by atoms with van der Waals surface area (Å²) in [6, 6.07) is 17.2. The second-order valence-electron chi connectivity index (χ2n) is 5.69. The van der Waals surface area contributed by atoms with Crippen molar-refractivity contribution in [2.75, 3.05) is 0 Å². The highest BCUT2D eigenvalue weighted by atomic mass is 16.5. The van der Waals surface area contributed by atoms with Crippen molar-refractivity contribution in [3.05, 3.63) is 82.3 Å². The van der Waals surface area contributed by atoms with Gasteiger partial charge in [0.05, 0.1) is 5.69 Å². The Morgan fingerprint density at radius 3 is 2.11 bits per heavy atom. The minimum absolute atomic E-state index is 0.0104. The molecule has 0 atom stereocenters. The summed E-state index contributed by atoms with van der Waals surface area (Å²) in [6.45, 7) is 3.14. The zero-order chi connectivity index (χ0) is 20.0. The molecule has 140 valence electrons. The van der Waals surface area contributed by atoms with Crippen LogP contribution in [0.5, 0.6) is 5.75 Å². The van der Waals surface area contributed by atoms with Crippen LogP contribution in [-0.2, 0) is 11.8 Å². The molecule has 3 rings (SSSR count). The van der Waals surface area contributed by atoms with Crippen molar-refractivity contribution >= 4 is 11.9 Å². The Hall–Kier alpha value is -3.61. The summed E-state index contributed by atoms with van der Waals surface area (Å²) in [5.74, 6) is -1.58. The number of rotatable bonds is 3. The standard InChI is InChI=1S/C11H12N2O.C9H8O4/c1-9-8-11(14)13(12(9)2)10-6-4-3-5-7-10;1-6(10)13-8-5-3-2-4-7(8)9(11)12/h3-8H,1-2H3;2-5H,1H3,(H,11,12). The molecule has 0 radical (unpaired) electrons. The zero-order valence-electron chi connectivity index (χ0n) is 15.2. The second-order valence-corrected chi connectivity index (χ2v) is 5.69. The molecule has 7 nitrogen and oxygen atoms in total. The van der Waals surface area contributed by atoms with E-state index >= 15 is 0 Å². The number of esters is 1. The lowest BCUT2D eigenvalue weighted by Gasteiger charge is -2.07. The van der Waals surface area contributed by atoms with Gasteiger partial charge in [-0.05, 0) is 31.2 Å². The molecule has 0 fully saturated rings. The Labute approximate surface area is 156 Å². The van der Waals surface area contributed by atoms with Gasteiger partial charge in [0, 0.05) is 25.7 Å². The lowest BCUT2D eigenvalue weighted by atomic mass is 10.2. The number of nitrogens with zero attached hydrogens (tertiary/aromatic N) is 2. The molecule has 1 aromatic heterocycles. The number of hydrogen-bond acceptors (Lipinski definition) is 4. The van der Waals surface area contributed by atoms with E-state index in [2.05, 4.69) is 4.74 Å². The third-order valence-electron chi connectivity index (χ3n) is 3.72. The first-order valence-corrected chi connectivity index (χ1v) is 8.13. The average Bonchev–Trinajstić information content (AvgIpc) is 2.88. The van der Waals surface area contributed by atoms with E-state index in [1.54, 1.807) is 22.9 Å². The number of aromatic nitrogens is 2. The van der Waals surface area contributed by atoms with Gasteiger partial charge in [0.25, 0.3) is 5.56 Å². The van der Waals surface area contributed by atoms with E-state index in [1.807, 2.05) is 49.0 Å². The number of carboxylic acids is 1. The van der Waals surface area contributed by atoms with Gasteiger partial charge in [0.1, 0.15) is 11.3 Å². The molecule has 0 aliphatic carbocycles. The van der Waals surface area contributed by atoms with Crippen LogP contribution in [0.2, 0.25) is 0 Å². The first-order chi connectivity index (χ1) is 12.8. The summed E-state index contributed by atoms with van der Waals surface area (Å²) < 4.78 is 8.18. The van der Waals surface area contributed by atoms with Crippen LogP contribution in [0.3, 0.4) is 0 Å². The molecule has 27 heavy (non-hydrogen) atoms. The third-order valence-corrected chi connectivity index (χ3v) is 3.72. The number of hydrogen-bond donors (Lipinski definition) is 1. The van der Waals surface area contributed by atoms with Crippen LogP contribution in [0.15, 0.2) is 65.5 Å². The van der Waals surface area contributed by atoms with Gasteiger partial charge in [-0.25, -0.2) is 9.48 Å². The fraction of sp³-hybridized carbons (Fsp3) is 0.150. The maximum absolute atomic E-state index is 11.6. The Kier molecular flexibility index (Phi) is 6.32. The third kappa shape index (κ3) is 4.94. The quantitative estimate of drug-likeness (QED) is 0.567. The largest absolute Gasteiger partial charge is 0.478 e. The molecule has 0 saturated heterocycles. The summed E-state index contributed by atoms with van der Waals surface area (Å²) in [5.41, 5.74) is 1.85. The van der Waals surface area contributed by atoms with E-state index in [9.17, 15) is 14.4 Å². The molecule has 0 aliphatic rings. The number of carbonyl (C=O) groups is 2. The number of benzene rings is 2. The van der Waals surface area contributed by atoms with E-state index < -0.39 is 11.9 Å². The molecule has 1 N–H and O–H groups in total. The number of aryl methyl sites for hydroxylation is 1. The van der Waals surface area contributed by atoms with Crippen molar-refractivity contribution in [1.82, 2.24) is 9.36 Å². The highest BCUT2D eigenvalue weighted by Crippen LogP contribution is 2.17. The van der Waals surface area contributed by atoms with Crippen LogP contribution in [0, 0.1) is 6.92 Å². The molecule has 0 unspecified atom stereocenters. The van der Waals surface area contributed by atoms with Crippen molar-refractivity contribution in [3.63, 3.8) is 0 Å². The van der Waals surface area contributed by atoms with E-state index in [0.29, 0.717) is 0 Å². The monoisotopic (exact) mass is 368 g/mol. The molecule has 2 aromatic carbocycles. The fourth-order valence-corrected chi connectivity index (χ4v) is 2.40. The first kappa shape index (κ1) is 19.7. The van der Waals surface area contributed by atoms with Crippen molar-refractivity contribution in [1.29, 1.82) is 0 Å². The van der Waals surface area contributed by atoms with Crippen LogP contribution in [-0.4, -0.2) is 26.4 Å². The smallest absolute Gasteiger partial charge is 0.339 e. The molecule has 0 aliphatic heterocycles. The molecule has 1 heterocycles. The predicted molar refractivity (Wildman–Crippen MR) is 100 cm³/mol.